The third kappa shape index (κ3) is 4.39. The van der Waals surface area contributed by atoms with Crippen LogP contribution < -0.4 is 14.8 Å². The summed E-state index contributed by atoms with van der Waals surface area (Å²) in [6.45, 7) is 13.3. The maximum atomic E-state index is 12.7. The van der Waals surface area contributed by atoms with Crippen molar-refractivity contribution in [2.45, 2.75) is 34.6 Å². The molecule has 36 heavy (non-hydrogen) atoms. The second kappa shape index (κ2) is 10.4. The molecule has 0 radical (unpaired) electrons. The molecular formula is C30H33N2O4+. The number of aromatic carboxylic acids is 1. The molecule has 0 saturated carbocycles. The van der Waals surface area contributed by atoms with Crippen molar-refractivity contribution in [3.63, 3.8) is 0 Å². The Bertz CT molecular complexity index is 1460. The van der Waals surface area contributed by atoms with Crippen molar-refractivity contribution in [1.82, 2.24) is 4.58 Å². The summed E-state index contributed by atoms with van der Waals surface area (Å²) >= 11 is 0. The van der Waals surface area contributed by atoms with Crippen LogP contribution in [0.4, 0.5) is 5.69 Å². The van der Waals surface area contributed by atoms with Crippen molar-refractivity contribution in [3.8, 4) is 22.5 Å². The molecule has 1 aliphatic heterocycles. The minimum Gasteiger partial charge on any atom is -0.478 e. The highest BCUT2D eigenvalue weighted by Crippen LogP contribution is 2.43. The van der Waals surface area contributed by atoms with Crippen LogP contribution in [-0.2, 0) is 0 Å². The Kier molecular flexibility index (Phi) is 7.25. The molecule has 0 amide bonds. The Hall–Kier alpha value is -3.93. The van der Waals surface area contributed by atoms with Crippen LogP contribution in [0.15, 0.2) is 59.0 Å². The maximum absolute atomic E-state index is 12.7. The van der Waals surface area contributed by atoms with E-state index in [0.29, 0.717) is 28.0 Å². The number of Topliss-reactive ketones (excluding diaryl/α,β-unsaturated/α-hetero) is 1. The zero-order valence-electron chi connectivity index (χ0n) is 21.6. The van der Waals surface area contributed by atoms with Crippen molar-refractivity contribution in [2.75, 3.05) is 31.1 Å². The van der Waals surface area contributed by atoms with Gasteiger partial charge >= 0.3 is 5.97 Å². The molecule has 0 unspecified atom stereocenters. The molecule has 0 aromatic heterocycles. The monoisotopic (exact) mass is 485 g/mol. The fourth-order valence-electron chi connectivity index (χ4n) is 5.00. The van der Waals surface area contributed by atoms with Gasteiger partial charge in [0.1, 0.15) is 24.4 Å². The molecule has 2 aliphatic rings. The molecule has 1 N–H and O–H groups in total. The second-order valence-electron chi connectivity index (χ2n) is 8.77. The first-order chi connectivity index (χ1) is 17.3. The highest BCUT2D eigenvalue weighted by atomic mass is 16.4. The first-order valence-corrected chi connectivity index (χ1v) is 12.6. The van der Waals surface area contributed by atoms with Gasteiger partial charge in [-0.05, 0) is 58.9 Å². The number of carboxylic acid groups (broad SMARTS) is 1. The van der Waals surface area contributed by atoms with E-state index >= 15 is 0 Å². The number of anilines is 1. The first-order valence-electron chi connectivity index (χ1n) is 12.6. The summed E-state index contributed by atoms with van der Waals surface area (Å²) in [4.78, 5) is 27.3. The lowest BCUT2D eigenvalue weighted by Crippen LogP contribution is -2.29. The van der Waals surface area contributed by atoms with Crippen molar-refractivity contribution < 1.29 is 19.1 Å². The van der Waals surface area contributed by atoms with Gasteiger partial charge in [0, 0.05) is 58.5 Å². The van der Waals surface area contributed by atoms with E-state index in [4.69, 9.17) is 4.42 Å². The maximum Gasteiger partial charge on any atom is 0.336 e. The van der Waals surface area contributed by atoms with Gasteiger partial charge in [-0.25, -0.2) is 9.37 Å². The molecule has 0 saturated heterocycles. The number of benzene rings is 3. The number of hydrogen-bond donors (Lipinski definition) is 1. The van der Waals surface area contributed by atoms with Crippen LogP contribution >= 0.6 is 0 Å². The lowest BCUT2D eigenvalue weighted by atomic mass is 9.86. The van der Waals surface area contributed by atoms with Crippen LogP contribution in [0.5, 0.6) is 0 Å². The molecule has 6 heteroatoms. The largest absolute Gasteiger partial charge is 0.478 e. The fraction of sp³-hybridized carbons (Fsp3) is 0.300. The van der Waals surface area contributed by atoms with E-state index in [1.165, 1.54) is 6.92 Å². The lowest BCUT2D eigenvalue weighted by Gasteiger charge is -2.23. The van der Waals surface area contributed by atoms with Crippen molar-refractivity contribution in [1.29, 1.82) is 0 Å². The first kappa shape index (κ1) is 25.2. The Morgan fingerprint density at radius 3 is 2.19 bits per heavy atom. The minimum absolute atomic E-state index is 0.0946. The average Bonchev–Trinajstić information content (AvgIpc) is 2.88. The van der Waals surface area contributed by atoms with E-state index in [1.54, 1.807) is 18.2 Å². The molecule has 2 aromatic rings. The zero-order valence-corrected chi connectivity index (χ0v) is 21.6. The fourth-order valence-corrected chi connectivity index (χ4v) is 5.00. The SMILES string of the molecule is CCN(CC)c1ccc2c(-c3c(C(C)=O)cccc3C(=O)O)c3ccc(=[N+](CC)CC)cc-3oc2c1. The van der Waals surface area contributed by atoms with E-state index in [1.807, 2.05) is 36.4 Å². The standard InChI is InChI=1S/C30H32N2O4/c1-6-31(7-2)20-13-15-23-26(17-20)36-27-18-21(32(8-3)9-4)14-16-24(27)29(23)28-22(19(5)33)11-10-12-25(28)30(34)35/h10-18H,6-9H2,1-5H3/p+1. The number of carboxylic acids is 1. The van der Waals surface area contributed by atoms with Crippen LogP contribution in [-0.4, -0.2) is 43.0 Å². The highest BCUT2D eigenvalue weighted by Gasteiger charge is 2.26. The third-order valence-corrected chi connectivity index (χ3v) is 6.87. The number of hydrogen-bond acceptors (Lipinski definition) is 4. The Labute approximate surface area is 211 Å². The number of ketones is 1. The number of rotatable bonds is 8. The van der Waals surface area contributed by atoms with Gasteiger partial charge < -0.3 is 14.4 Å². The number of nitrogens with zero attached hydrogens (tertiary/aromatic N) is 2. The van der Waals surface area contributed by atoms with E-state index in [0.717, 1.165) is 48.2 Å². The molecule has 0 spiro atoms. The van der Waals surface area contributed by atoms with Gasteiger partial charge in [0.2, 0.25) is 5.36 Å². The smallest absolute Gasteiger partial charge is 0.336 e. The minimum atomic E-state index is -1.07. The van der Waals surface area contributed by atoms with Crippen LogP contribution in [0.25, 0.3) is 33.4 Å². The third-order valence-electron chi connectivity index (χ3n) is 6.87. The normalized spacial score (nSPS) is 11.1. The van der Waals surface area contributed by atoms with Gasteiger partial charge in [-0.1, -0.05) is 12.1 Å². The summed E-state index contributed by atoms with van der Waals surface area (Å²) in [6.07, 6.45) is 0. The van der Waals surface area contributed by atoms with E-state index < -0.39 is 5.97 Å². The highest BCUT2D eigenvalue weighted by molar-refractivity contribution is 6.14. The Balaban J connectivity index is 2.22. The Morgan fingerprint density at radius 2 is 1.58 bits per heavy atom. The molecule has 0 atom stereocenters. The van der Waals surface area contributed by atoms with Gasteiger partial charge in [0.05, 0.1) is 11.6 Å². The van der Waals surface area contributed by atoms with Gasteiger partial charge in [-0.3, -0.25) is 4.79 Å². The van der Waals surface area contributed by atoms with Crippen LogP contribution in [0.1, 0.15) is 55.3 Å². The molecular weight excluding hydrogens is 452 g/mol. The number of fused-ring (bicyclic) bond motifs is 2. The average molecular weight is 486 g/mol. The predicted molar refractivity (Wildman–Crippen MR) is 145 cm³/mol. The molecule has 6 nitrogen and oxygen atoms in total. The van der Waals surface area contributed by atoms with E-state index in [9.17, 15) is 14.7 Å². The summed E-state index contributed by atoms with van der Waals surface area (Å²) in [5.74, 6) is -0.613. The van der Waals surface area contributed by atoms with Crippen LogP contribution in [0, 0.1) is 0 Å². The lowest BCUT2D eigenvalue weighted by molar-refractivity contribution is 0.0697. The van der Waals surface area contributed by atoms with Crippen LogP contribution in [0.3, 0.4) is 0 Å². The summed E-state index contributed by atoms with van der Waals surface area (Å²) in [7, 11) is 0. The Morgan fingerprint density at radius 1 is 0.889 bits per heavy atom. The van der Waals surface area contributed by atoms with Gasteiger partial charge in [-0.2, -0.15) is 0 Å². The molecule has 0 fully saturated rings. The summed E-state index contributed by atoms with van der Waals surface area (Å²) in [6, 6.07) is 16.9. The molecule has 1 heterocycles. The molecule has 186 valence electrons. The summed E-state index contributed by atoms with van der Waals surface area (Å²) in [5.41, 5.74) is 4.04. The van der Waals surface area contributed by atoms with Crippen LogP contribution in [0.2, 0.25) is 0 Å². The number of carbonyl (C=O) groups excluding carboxylic acids is 1. The van der Waals surface area contributed by atoms with E-state index in [-0.39, 0.29) is 11.3 Å². The summed E-state index contributed by atoms with van der Waals surface area (Å²) < 4.78 is 8.72. The number of carbonyl (C=O) groups is 2. The molecule has 4 rings (SSSR count). The van der Waals surface area contributed by atoms with Crippen molar-refractivity contribution >= 4 is 28.4 Å². The summed E-state index contributed by atoms with van der Waals surface area (Å²) in [5, 5.41) is 11.9. The second-order valence-corrected chi connectivity index (χ2v) is 8.77. The quantitative estimate of drug-likeness (QED) is 0.195. The molecule has 1 aliphatic carbocycles. The topological polar surface area (TPSA) is 73.8 Å². The molecule has 2 aromatic carbocycles. The van der Waals surface area contributed by atoms with Gasteiger partial charge in [0.25, 0.3) is 0 Å². The van der Waals surface area contributed by atoms with Gasteiger partial charge in [0.15, 0.2) is 5.78 Å². The molecule has 0 bridgehead atoms. The van der Waals surface area contributed by atoms with E-state index in [2.05, 4.69) is 37.2 Å². The van der Waals surface area contributed by atoms with Gasteiger partial charge in [-0.15, -0.1) is 0 Å². The van der Waals surface area contributed by atoms with Crippen molar-refractivity contribution in [2.24, 2.45) is 0 Å². The zero-order chi connectivity index (χ0) is 26.0. The predicted octanol–water partition coefficient (Wildman–Crippen LogP) is 5.76. The van der Waals surface area contributed by atoms with Crippen molar-refractivity contribution in [3.05, 3.63) is 71.1 Å².